The third-order valence-corrected chi connectivity index (χ3v) is 4.34. The topological polar surface area (TPSA) is 109 Å². The van der Waals surface area contributed by atoms with Crippen LogP contribution in [0.5, 0.6) is 0 Å². The maximum Gasteiger partial charge on any atom is 0.311 e. The largest absolute Gasteiger partial charge is 0.481 e. The molecule has 0 aliphatic rings. The first-order chi connectivity index (χ1) is 8.35. The van der Waals surface area contributed by atoms with Crippen LogP contribution in [0.15, 0.2) is 0 Å². The minimum atomic E-state index is -1.20. The van der Waals surface area contributed by atoms with Crippen molar-refractivity contribution < 1.29 is 29.4 Å². The van der Waals surface area contributed by atoms with Crippen LogP contribution >= 0.6 is 23.5 Å². The van der Waals surface area contributed by atoms with E-state index in [9.17, 15) is 19.2 Å². The van der Waals surface area contributed by atoms with E-state index in [0.29, 0.717) is 6.42 Å². The van der Waals surface area contributed by atoms with Crippen LogP contribution in [0.4, 0.5) is 0 Å². The van der Waals surface area contributed by atoms with E-state index in [1.54, 1.807) is 6.92 Å². The Morgan fingerprint density at radius 1 is 0.944 bits per heavy atom. The lowest BCUT2D eigenvalue weighted by Gasteiger charge is -2.10. The Balaban J connectivity index is 4.10. The van der Waals surface area contributed by atoms with Crippen molar-refractivity contribution in [3.63, 3.8) is 0 Å². The molecule has 0 radical (unpaired) electrons. The highest BCUT2D eigenvalue weighted by Crippen LogP contribution is 2.29. The van der Waals surface area contributed by atoms with Crippen molar-refractivity contribution in [2.24, 2.45) is 0 Å². The van der Waals surface area contributed by atoms with Gasteiger partial charge >= 0.3 is 11.9 Å². The lowest BCUT2D eigenvalue weighted by atomic mass is 10.3. The maximum absolute atomic E-state index is 11.4. The van der Waals surface area contributed by atoms with E-state index in [1.165, 1.54) is 0 Å². The molecule has 0 heterocycles. The van der Waals surface area contributed by atoms with E-state index in [0.717, 1.165) is 23.5 Å². The van der Waals surface area contributed by atoms with Crippen molar-refractivity contribution in [1.29, 1.82) is 0 Å². The van der Waals surface area contributed by atoms with E-state index < -0.39 is 23.5 Å². The minimum absolute atomic E-state index is 0.0931. The number of carboxylic acid groups (broad SMARTS) is 2. The molecule has 0 aliphatic heterocycles. The summed E-state index contributed by atoms with van der Waals surface area (Å²) in [5, 5.41) is 16.0. The summed E-state index contributed by atoms with van der Waals surface area (Å²) in [6.45, 7) is 1.77. The fraction of sp³-hybridized carbons (Fsp3) is 0.600. The number of thioether (sulfide) groups is 2. The summed E-state index contributed by atoms with van der Waals surface area (Å²) in [7, 11) is 0. The zero-order valence-electron chi connectivity index (χ0n) is 9.75. The molecular weight excluding hydrogens is 280 g/mol. The van der Waals surface area contributed by atoms with Crippen LogP contribution in [0.1, 0.15) is 32.6 Å². The maximum atomic E-state index is 11.4. The van der Waals surface area contributed by atoms with Crippen molar-refractivity contribution in [2.45, 2.75) is 37.2 Å². The Hall–Kier alpha value is -1.02. The standard InChI is InChI=1S/C10H14O6S2/c1-2-10(18-9(16)5-7(13)14)17-8(15)4-3-6(11)12/h10H,2-5H2,1H3,(H,11,12)(H,13,14). The van der Waals surface area contributed by atoms with Gasteiger partial charge in [0.25, 0.3) is 0 Å². The van der Waals surface area contributed by atoms with Crippen LogP contribution in [-0.2, 0) is 19.2 Å². The highest BCUT2D eigenvalue weighted by molar-refractivity contribution is 8.29. The van der Waals surface area contributed by atoms with Gasteiger partial charge in [0, 0.05) is 6.42 Å². The van der Waals surface area contributed by atoms with Gasteiger partial charge in [0.2, 0.25) is 5.12 Å². The van der Waals surface area contributed by atoms with Crippen LogP contribution in [0, 0.1) is 0 Å². The first-order valence-electron chi connectivity index (χ1n) is 5.17. The molecule has 0 aromatic carbocycles. The average molecular weight is 294 g/mol. The number of carbonyl (C=O) groups is 4. The van der Waals surface area contributed by atoms with E-state index in [1.807, 2.05) is 0 Å². The second kappa shape index (κ2) is 8.98. The molecule has 8 heteroatoms. The second-order valence-electron chi connectivity index (χ2n) is 3.28. The van der Waals surface area contributed by atoms with Crippen molar-refractivity contribution >= 4 is 45.7 Å². The number of hydrogen-bond donors (Lipinski definition) is 2. The Bertz CT molecular complexity index is 341. The summed E-state index contributed by atoms with van der Waals surface area (Å²) < 4.78 is -0.363. The molecule has 0 aromatic rings. The van der Waals surface area contributed by atoms with Crippen LogP contribution < -0.4 is 0 Å². The summed E-state index contributed by atoms with van der Waals surface area (Å²) in [4.78, 5) is 43.2. The number of carboxylic acids is 2. The van der Waals surface area contributed by atoms with Gasteiger partial charge in [-0.2, -0.15) is 0 Å². The third kappa shape index (κ3) is 9.06. The van der Waals surface area contributed by atoms with Gasteiger partial charge in [0.1, 0.15) is 6.42 Å². The van der Waals surface area contributed by atoms with Crippen molar-refractivity contribution in [2.75, 3.05) is 0 Å². The molecule has 0 bridgehead atoms. The SMILES string of the molecule is CCC(SC(=O)CCC(=O)O)SC(=O)CC(=O)O. The molecule has 0 aliphatic carbocycles. The van der Waals surface area contributed by atoms with E-state index in [2.05, 4.69) is 0 Å². The molecule has 0 spiro atoms. The smallest absolute Gasteiger partial charge is 0.311 e. The third-order valence-electron chi connectivity index (χ3n) is 1.70. The van der Waals surface area contributed by atoms with Gasteiger partial charge in [-0.15, -0.1) is 0 Å². The van der Waals surface area contributed by atoms with Crippen molar-refractivity contribution in [1.82, 2.24) is 0 Å². The van der Waals surface area contributed by atoms with Gasteiger partial charge in [0.05, 0.1) is 11.0 Å². The van der Waals surface area contributed by atoms with Gasteiger partial charge in [-0.1, -0.05) is 30.4 Å². The Labute approximate surface area is 113 Å². The number of aliphatic carboxylic acids is 2. The molecule has 6 nitrogen and oxygen atoms in total. The summed E-state index contributed by atoms with van der Waals surface area (Å²) in [5.41, 5.74) is 0. The quantitative estimate of drug-likeness (QED) is 0.513. The molecule has 0 amide bonds. The molecule has 1 atom stereocenters. The Kier molecular flexibility index (Phi) is 8.47. The average Bonchev–Trinajstić information content (AvgIpc) is 2.24. The zero-order chi connectivity index (χ0) is 14.1. The van der Waals surface area contributed by atoms with Crippen LogP contribution in [-0.4, -0.2) is 37.0 Å². The number of rotatable bonds is 8. The predicted molar refractivity (Wildman–Crippen MR) is 68.4 cm³/mol. The van der Waals surface area contributed by atoms with Gasteiger partial charge in [0.15, 0.2) is 5.12 Å². The molecule has 18 heavy (non-hydrogen) atoms. The Morgan fingerprint density at radius 2 is 1.50 bits per heavy atom. The van der Waals surface area contributed by atoms with Crippen LogP contribution in [0.25, 0.3) is 0 Å². The van der Waals surface area contributed by atoms with Gasteiger partial charge in [-0.3, -0.25) is 19.2 Å². The van der Waals surface area contributed by atoms with Crippen LogP contribution in [0.3, 0.4) is 0 Å². The monoisotopic (exact) mass is 294 g/mol. The molecule has 0 saturated carbocycles. The van der Waals surface area contributed by atoms with Gasteiger partial charge in [-0.25, -0.2) is 0 Å². The van der Waals surface area contributed by atoms with Crippen molar-refractivity contribution in [3.8, 4) is 0 Å². The van der Waals surface area contributed by atoms with Crippen molar-refractivity contribution in [3.05, 3.63) is 0 Å². The van der Waals surface area contributed by atoms with E-state index in [-0.39, 0.29) is 22.5 Å². The Morgan fingerprint density at radius 3 is 1.94 bits per heavy atom. The fourth-order valence-corrected chi connectivity index (χ4v) is 3.10. The second-order valence-corrected chi connectivity index (χ2v) is 6.10. The normalized spacial score (nSPS) is 11.8. The highest BCUT2D eigenvalue weighted by Gasteiger charge is 2.19. The fourth-order valence-electron chi connectivity index (χ4n) is 0.917. The molecule has 0 saturated heterocycles. The molecule has 1 unspecified atom stereocenters. The number of hydrogen-bond acceptors (Lipinski definition) is 6. The first kappa shape index (κ1) is 17.0. The zero-order valence-corrected chi connectivity index (χ0v) is 11.4. The predicted octanol–water partition coefficient (Wildman–Crippen LogP) is 1.58. The van der Waals surface area contributed by atoms with Crippen LogP contribution in [0.2, 0.25) is 0 Å². The summed E-state index contributed by atoms with van der Waals surface area (Å²) >= 11 is 1.70. The van der Waals surface area contributed by atoms with E-state index in [4.69, 9.17) is 10.2 Å². The van der Waals surface area contributed by atoms with E-state index >= 15 is 0 Å². The molecule has 102 valence electrons. The van der Waals surface area contributed by atoms with Gasteiger partial charge < -0.3 is 10.2 Å². The summed E-state index contributed by atoms with van der Waals surface area (Å²) in [5.74, 6) is -2.25. The number of carbonyl (C=O) groups excluding carboxylic acids is 2. The van der Waals surface area contributed by atoms with Gasteiger partial charge in [-0.05, 0) is 6.42 Å². The molecule has 2 N–H and O–H groups in total. The summed E-state index contributed by atoms with van der Waals surface area (Å²) in [6, 6.07) is 0. The molecular formula is C10H14O6S2. The first-order valence-corrected chi connectivity index (χ1v) is 6.93. The molecule has 0 aromatic heterocycles. The lowest BCUT2D eigenvalue weighted by molar-refractivity contribution is -0.139. The minimum Gasteiger partial charge on any atom is -0.481 e. The molecule has 0 fully saturated rings. The molecule has 0 rings (SSSR count). The highest BCUT2D eigenvalue weighted by atomic mass is 32.2. The summed E-state index contributed by atoms with van der Waals surface area (Å²) in [6.07, 6.45) is -0.398. The lowest BCUT2D eigenvalue weighted by Crippen LogP contribution is -2.09.